The number of hydrogen-bond donors (Lipinski definition) is 0. The summed E-state index contributed by atoms with van der Waals surface area (Å²) < 4.78 is 18.3. The van der Waals surface area contributed by atoms with Crippen LogP contribution in [0.1, 0.15) is 76.3 Å². The lowest BCUT2D eigenvalue weighted by molar-refractivity contribution is -0.480. The molecule has 25 heavy (non-hydrogen) atoms. The van der Waals surface area contributed by atoms with Crippen LogP contribution >= 0.6 is 0 Å². The first-order valence-electron chi connectivity index (χ1n) is 10.2. The van der Waals surface area contributed by atoms with E-state index in [9.17, 15) is 0 Å². The van der Waals surface area contributed by atoms with Gasteiger partial charge in [-0.2, -0.15) is 0 Å². The summed E-state index contributed by atoms with van der Waals surface area (Å²) in [6.45, 7) is 6.72. The third-order valence-electron chi connectivity index (χ3n) is 5.64. The lowest BCUT2D eigenvalue weighted by Gasteiger charge is -2.52. The highest BCUT2D eigenvalue weighted by molar-refractivity contribution is 5.25. The summed E-state index contributed by atoms with van der Waals surface area (Å²) in [5.41, 5.74) is 2.44. The summed E-state index contributed by atoms with van der Waals surface area (Å²) in [5.74, 6) is -0.965. The summed E-state index contributed by atoms with van der Waals surface area (Å²) in [7, 11) is 0. The van der Waals surface area contributed by atoms with Crippen molar-refractivity contribution in [2.45, 2.75) is 77.6 Å². The fourth-order valence-electron chi connectivity index (χ4n) is 3.84. The van der Waals surface area contributed by atoms with Crippen LogP contribution in [0.3, 0.4) is 0 Å². The van der Waals surface area contributed by atoms with Gasteiger partial charge in [-0.25, -0.2) is 0 Å². The van der Waals surface area contributed by atoms with Gasteiger partial charge in [0.05, 0.1) is 19.8 Å². The Morgan fingerprint density at radius 2 is 1.36 bits per heavy atom. The molecule has 0 radical (unpaired) electrons. The Labute approximate surface area is 153 Å². The van der Waals surface area contributed by atoms with E-state index in [1.807, 2.05) is 0 Å². The van der Waals surface area contributed by atoms with Gasteiger partial charge in [-0.15, -0.1) is 0 Å². The van der Waals surface area contributed by atoms with E-state index in [0.29, 0.717) is 0 Å². The first-order chi connectivity index (χ1) is 12.2. The van der Waals surface area contributed by atoms with Crippen LogP contribution in [0.25, 0.3) is 0 Å². The number of fused-ring (bicyclic) bond motifs is 3. The van der Waals surface area contributed by atoms with Crippen LogP contribution in [-0.2, 0) is 26.6 Å². The van der Waals surface area contributed by atoms with Gasteiger partial charge in [0.25, 0.3) is 0 Å². The zero-order chi connectivity index (χ0) is 17.6. The van der Waals surface area contributed by atoms with E-state index in [0.717, 1.165) is 38.2 Å². The number of benzene rings is 1. The van der Waals surface area contributed by atoms with Gasteiger partial charge in [0, 0.05) is 11.0 Å². The lowest BCUT2D eigenvalue weighted by atomic mass is 9.83. The second kappa shape index (κ2) is 8.66. The molecule has 3 aliphatic rings. The first kappa shape index (κ1) is 18.9. The average Bonchev–Trinajstić information content (AvgIpc) is 2.67. The van der Waals surface area contributed by atoms with Crippen molar-refractivity contribution in [1.29, 1.82) is 0 Å². The topological polar surface area (TPSA) is 27.7 Å². The van der Waals surface area contributed by atoms with Crippen LogP contribution in [0.4, 0.5) is 0 Å². The standard InChI is InChI=1S/C22H34O3/c1-3-5-7-8-10-19-11-13-20(14-12-19)22-23-16-21(17-24-22,18-25-22)15-9-6-4-2/h11-14H,3-10,15-18H2,1-2H3. The van der Waals surface area contributed by atoms with Gasteiger partial charge < -0.3 is 14.2 Å². The molecule has 140 valence electrons. The zero-order valence-corrected chi connectivity index (χ0v) is 16.0. The molecule has 0 aliphatic carbocycles. The van der Waals surface area contributed by atoms with Gasteiger partial charge in [0.2, 0.25) is 0 Å². The van der Waals surface area contributed by atoms with Crippen LogP contribution in [0.5, 0.6) is 0 Å². The molecule has 1 aromatic carbocycles. The molecular weight excluding hydrogens is 312 g/mol. The largest absolute Gasteiger partial charge is 0.323 e. The van der Waals surface area contributed by atoms with Crippen LogP contribution < -0.4 is 0 Å². The highest BCUT2D eigenvalue weighted by Crippen LogP contribution is 2.46. The molecule has 0 spiro atoms. The van der Waals surface area contributed by atoms with Crippen molar-refractivity contribution in [3.8, 4) is 0 Å². The van der Waals surface area contributed by atoms with Crippen molar-refractivity contribution in [3.05, 3.63) is 35.4 Å². The smallest absolute Gasteiger partial charge is 0.312 e. The Hall–Kier alpha value is -0.900. The van der Waals surface area contributed by atoms with Gasteiger partial charge in [-0.3, -0.25) is 0 Å². The van der Waals surface area contributed by atoms with Gasteiger partial charge in [0.15, 0.2) is 0 Å². The summed E-state index contributed by atoms with van der Waals surface area (Å²) in [6.07, 6.45) is 11.2. The van der Waals surface area contributed by atoms with Crippen molar-refractivity contribution in [3.63, 3.8) is 0 Å². The zero-order valence-electron chi connectivity index (χ0n) is 16.0. The summed E-state index contributed by atoms with van der Waals surface area (Å²) in [4.78, 5) is 0. The maximum absolute atomic E-state index is 6.09. The number of aryl methyl sites for hydroxylation is 1. The minimum atomic E-state index is -0.965. The van der Waals surface area contributed by atoms with Crippen molar-refractivity contribution in [2.24, 2.45) is 5.41 Å². The van der Waals surface area contributed by atoms with Crippen LogP contribution in [-0.4, -0.2) is 19.8 Å². The van der Waals surface area contributed by atoms with Gasteiger partial charge in [-0.05, 0) is 24.8 Å². The predicted molar refractivity (Wildman–Crippen MR) is 100 cm³/mol. The lowest BCUT2D eigenvalue weighted by Crippen LogP contribution is -2.58. The fraction of sp³-hybridized carbons (Fsp3) is 0.727. The molecular formula is C22H34O3. The van der Waals surface area contributed by atoms with E-state index >= 15 is 0 Å². The van der Waals surface area contributed by atoms with Crippen LogP contribution in [0.2, 0.25) is 0 Å². The highest BCUT2D eigenvalue weighted by Gasteiger charge is 2.53. The van der Waals surface area contributed by atoms with E-state index in [2.05, 4.69) is 38.1 Å². The molecule has 0 atom stereocenters. The van der Waals surface area contributed by atoms with Gasteiger partial charge >= 0.3 is 5.97 Å². The number of hydrogen-bond acceptors (Lipinski definition) is 3. The van der Waals surface area contributed by atoms with Crippen molar-refractivity contribution < 1.29 is 14.2 Å². The molecule has 3 saturated heterocycles. The number of ether oxygens (including phenoxy) is 3. The average molecular weight is 347 g/mol. The normalized spacial score (nSPS) is 28.4. The highest BCUT2D eigenvalue weighted by atomic mass is 16.9. The summed E-state index contributed by atoms with van der Waals surface area (Å²) in [5, 5.41) is 0. The van der Waals surface area contributed by atoms with E-state index in [4.69, 9.17) is 14.2 Å². The molecule has 0 unspecified atom stereocenters. The third kappa shape index (κ3) is 4.45. The Kier molecular flexibility index (Phi) is 6.54. The van der Waals surface area contributed by atoms with E-state index in [1.54, 1.807) is 0 Å². The molecule has 0 aromatic heterocycles. The minimum Gasteiger partial charge on any atom is -0.323 e. The molecule has 0 N–H and O–H groups in total. The minimum absolute atomic E-state index is 0.0656. The molecule has 3 nitrogen and oxygen atoms in total. The number of rotatable bonds is 10. The summed E-state index contributed by atoms with van der Waals surface area (Å²) >= 11 is 0. The van der Waals surface area contributed by atoms with Crippen LogP contribution in [0, 0.1) is 5.41 Å². The quantitative estimate of drug-likeness (QED) is 0.519. The molecule has 0 saturated carbocycles. The molecule has 1 aromatic rings. The second-order valence-corrected chi connectivity index (χ2v) is 7.89. The fourth-order valence-corrected chi connectivity index (χ4v) is 3.84. The molecule has 3 heteroatoms. The molecule has 3 heterocycles. The van der Waals surface area contributed by atoms with Crippen molar-refractivity contribution in [1.82, 2.24) is 0 Å². The third-order valence-corrected chi connectivity index (χ3v) is 5.64. The Morgan fingerprint density at radius 1 is 0.760 bits per heavy atom. The van der Waals surface area contributed by atoms with Crippen molar-refractivity contribution in [2.75, 3.05) is 19.8 Å². The van der Waals surface area contributed by atoms with Crippen LogP contribution in [0.15, 0.2) is 24.3 Å². The molecule has 3 fully saturated rings. The van der Waals surface area contributed by atoms with Gasteiger partial charge in [-0.1, -0.05) is 76.6 Å². The maximum atomic E-state index is 6.09. The molecule has 3 aliphatic heterocycles. The molecule has 0 amide bonds. The van der Waals surface area contributed by atoms with Crippen molar-refractivity contribution >= 4 is 0 Å². The second-order valence-electron chi connectivity index (χ2n) is 7.89. The first-order valence-corrected chi connectivity index (χ1v) is 10.2. The van der Waals surface area contributed by atoms with Gasteiger partial charge in [0.1, 0.15) is 0 Å². The molecule has 2 bridgehead atoms. The predicted octanol–water partition coefficient (Wildman–Crippen LogP) is 5.56. The molecule has 4 rings (SSSR count). The van der Waals surface area contributed by atoms with E-state index in [1.165, 1.54) is 50.5 Å². The summed E-state index contributed by atoms with van der Waals surface area (Å²) in [6, 6.07) is 8.63. The number of unbranched alkanes of at least 4 members (excludes halogenated alkanes) is 5. The van der Waals surface area contributed by atoms with E-state index in [-0.39, 0.29) is 5.41 Å². The van der Waals surface area contributed by atoms with E-state index < -0.39 is 5.97 Å². The Morgan fingerprint density at radius 3 is 1.96 bits per heavy atom. The monoisotopic (exact) mass is 346 g/mol. The Balaban J connectivity index is 1.55. The Bertz CT molecular complexity index is 498. The SMILES string of the molecule is CCCCCCc1ccc(C23OCC(CCCCC)(CO2)CO3)cc1. The maximum Gasteiger partial charge on any atom is 0.312 e.